The van der Waals surface area contributed by atoms with Crippen molar-refractivity contribution in [2.24, 2.45) is 0 Å². The van der Waals surface area contributed by atoms with E-state index in [0.717, 1.165) is 11.1 Å². The van der Waals surface area contributed by atoms with Gasteiger partial charge in [0.05, 0.1) is 6.54 Å². The third-order valence-electron chi connectivity index (χ3n) is 4.21. The van der Waals surface area contributed by atoms with E-state index in [0.29, 0.717) is 29.4 Å². The van der Waals surface area contributed by atoms with Gasteiger partial charge < -0.3 is 9.84 Å². The van der Waals surface area contributed by atoms with Crippen molar-refractivity contribution in [1.29, 1.82) is 0 Å². The second-order valence-electron chi connectivity index (χ2n) is 6.17. The number of aryl methyl sites for hydroxylation is 1. The zero-order valence-corrected chi connectivity index (χ0v) is 14.8. The van der Waals surface area contributed by atoms with Crippen molar-refractivity contribution < 1.29 is 9.32 Å². The minimum Gasteiger partial charge on any atom is -0.360 e. The molecule has 1 N–H and O–H groups in total. The maximum atomic E-state index is 12.8. The number of anilines is 1. The molecule has 0 spiro atoms. The summed E-state index contributed by atoms with van der Waals surface area (Å²) in [5.41, 5.74) is 2.90. The summed E-state index contributed by atoms with van der Waals surface area (Å²) in [4.78, 5) is 12.8. The molecule has 0 atom stereocenters. The number of hydrogen-bond donors (Lipinski definition) is 1. The maximum absolute atomic E-state index is 12.8. The number of amides is 1. The zero-order valence-electron chi connectivity index (χ0n) is 14.8. The Balaban J connectivity index is 1.53. The molecule has 27 heavy (non-hydrogen) atoms. The molecule has 6 nitrogen and oxygen atoms in total. The number of aromatic nitrogens is 3. The molecule has 134 valence electrons. The fourth-order valence-electron chi connectivity index (χ4n) is 2.90. The summed E-state index contributed by atoms with van der Waals surface area (Å²) in [6.07, 6.45) is 1.83. The van der Waals surface area contributed by atoms with Crippen LogP contribution in [0.5, 0.6) is 0 Å². The summed E-state index contributed by atoms with van der Waals surface area (Å²) >= 11 is 0. The lowest BCUT2D eigenvalue weighted by molar-refractivity contribution is 0.102. The average Bonchev–Trinajstić information content (AvgIpc) is 3.29. The Hall–Kier alpha value is -3.67. The molecule has 2 heterocycles. The van der Waals surface area contributed by atoms with Gasteiger partial charge in [0, 0.05) is 17.8 Å². The van der Waals surface area contributed by atoms with E-state index in [1.54, 1.807) is 17.7 Å². The molecule has 0 fully saturated rings. The Morgan fingerprint density at radius 1 is 1.04 bits per heavy atom. The summed E-state index contributed by atoms with van der Waals surface area (Å²) in [6, 6.07) is 21.3. The second kappa shape index (κ2) is 7.29. The third-order valence-corrected chi connectivity index (χ3v) is 4.21. The SMILES string of the molecule is Cc1onc(-c2ccccc2)c1C(=O)Nc1ccn(Cc2ccccc2)n1. The van der Waals surface area contributed by atoms with Crippen molar-refractivity contribution in [3.63, 3.8) is 0 Å². The topological polar surface area (TPSA) is 73.0 Å². The molecule has 0 radical (unpaired) electrons. The standard InChI is InChI=1S/C21H18N4O2/c1-15-19(20(24-27-15)17-10-6-3-7-11-17)21(26)22-18-12-13-25(23-18)14-16-8-4-2-5-9-16/h2-13H,14H2,1H3,(H,22,23,26). The number of carbonyl (C=O) groups is 1. The molecular formula is C21H18N4O2. The van der Waals surface area contributed by atoms with E-state index >= 15 is 0 Å². The van der Waals surface area contributed by atoms with Gasteiger partial charge in [-0.3, -0.25) is 9.48 Å². The molecule has 0 aliphatic heterocycles. The van der Waals surface area contributed by atoms with Crippen LogP contribution >= 0.6 is 0 Å². The van der Waals surface area contributed by atoms with E-state index in [2.05, 4.69) is 15.6 Å². The van der Waals surface area contributed by atoms with Gasteiger partial charge in [-0.25, -0.2) is 0 Å². The van der Waals surface area contributed by atoms with Crippen LogP contribution in [0, 0.1) is 6.92 Å². The summed E-state index contributed by atoms with van der Waals surface area (Å²) in [5.74, 6) is 0.656. The molecule has 0 aliphatic carbocycles. The van der Waals surface area contributed by atoms with Gasteiger partial charge in [0.2, 0.25) is 0 Å². The predicted octanol–water partition coefficient (Wildman–Crippen LogP) is 4.15. The molecule has 6 heteroatoms. The summed E-state index contributed by atoms with van der Waals surface area (Å²) in [5, 5.41) is 11.3. The van der Waals surface area contributed by atoms with Crippen LogP contribution in [0.1, 0.15) is 21.7 Å². The van der Waals surface area contributed by atoms with Crippen LogP contribution in [0.3, 0.4) is 0 Å². The molecule has 4 rings (SSSR count). The molecule has 1 amide bonds. The van der Waals surface area contributed by atoms with Crippen molar-refractivity contribution >= 4 is 11.7 Å². The Morgan fingerprint density at radius 3 is 2.48 bits per heavy atom. The average molecular weight is 358 g/mol. The minimum atomic E-state index is -0.294. The van der Waals surface area contributed by atoms with E-state index in [9.17, 15) is 4.79 Å². The van der Waals surface area contributed by atoms with Crippen molar-refractivity contribution in [2.75, 3.05) is 5.32 Å². The number of benzene rings is 2. The van der Waals surface area contributed by atoms with Gasteiger partial charge in [0.1, 0.15) is 17.0 Å². The van der Waals surface area contributed by atoms with Crippen molar-refractivity contribution in [3.05, 3.63) is 89.8 Å². The van der Waals surface area contributed by atoms with Crippen LogP contribution in [-0.4, -0.2) is 20.8 Å². The predicted molar refractivity (Wildman–Crippen MR) is 102 cm³/mol. The first-order valence-corrected chi connectivity index (χ1v) is 8.61. The highest BCUT2D eigenvalue weighted by Crippen LogP contribution is 2.25. The van der Waals surface area contributed by atoms with Crippen molar-refractivity contribution in [1.82, 2.24) is 14.9 Å². The molecule has 2 aromatic heterocycles. The monoisotopic (exact) mass is 358 g/mol. The molecule has 0 unspecified atom stereocenters. The van der Waals surface area contributed by atoms with Crippen LogP contribution in [0.4, 0.5) is 5.82 Å². The van der Waals surface area contributed by atoms with E-state index in [4.69, 9.17) is 4.52 Å². The zero-order chi connectivity index (χ0) is 18.6. The lowest BCUT2D eigenvalue weighted by atomic mass is 10.1. The smallest absolute Gasteiger partial charge is 0.262 e. The summed E-state index contributed by atoms with van der Waals surface area (Å²) in [6.45, 7) is 2.36. The summed E-state index contributed by atoms with van der Waals surface area (Å²) in [7, 11) is 0. The van der Waals surface area contributed by atoms with Crippen molar-refractivity contribution in [3.8, 4) is 11.3 Å². The van der Waals surface area contributed by atoms with E-state index in [1.165, 1.54) is 0 Å². The van der Waals surface area contributed by atoms with Crippen molar-refractivity contribution in [2.45, 2.75) is 13.5 Å². The van der Waals surface area contributed by atoms with Gasteiger partial charge >= 0.3 is 0 Å². The number of nitrogens with one attached hydrogen (secondary N) is 1. The Labute approximate surface area is 156 Å². The fraction of sp³-hybridized carbons (Fsp3) is 0.0952. The number of carbonyl (C=O) groups excluding carboxylic acids is 1. The number of nitrogens with zero attached hydrogens (tertiary/aromatic N) is 3. The number of hydrogen-bond acceptors (Lipinski definition) is 4. The molecular weight excluding hydrogens is 340 g/mol. The van der Waals surface area contributed by atoms with Gasteiger partial charge in [0.25, 0.3) is 5.91 Å². The number of rotatable bonds is 5. The lowest BCUT2D eigenvalue weighted by Crippen LogP contribution is -2.14. The lowest BCUT2D eigenvalue weighted by Gasteiger charge is -2.04. The normalized spacial score (nSPS) is 10.7. The highest BCUT2D eigenvalue weighted by atomic mass is 16.5. The third kappa shape index (κ3) is 3.64. The van der Waals surface area contributed by atoms with Crippen LogP contribution in [0.2, 0.25) is 0 Å². The fourth-order valence-corrected chi connectivity index (χ4v) is 2.90. The van der Waals surface area contributed by atoms with E-state index < -0.39 is 0 Å². The van der Waals surface area contributed by atoms with Gasteiger partial charge in [-0.2, -0.15) is 5.10 Å². The van der Waals surface area contributed by atoms with Crippen LogP contribution in [0.25, 0.3) is 11.3 Å². The second-order valence-corrected chi connectivity index (χ2v) is 6.17. The van der Waals surface area contributed by atoms with Crippen LogP contribution in [0.15, 0.2) is 77.4 Å². The molecule has 0 saturated carbocycles. The highest BCUT2D eigenvalue weighted by Gasteiger charge is 2.22. The van der Waals surface area contributed by atoms with Crippen LogP contribution < -0.4 is 5.32 Å². The van der Waals surface area contributed by atoms with Gasteiger partial charge in [0.15, 0.2) is 5.82 Å². The Morgan fingerprint density at radius 2 is 1.74 bits per heavy atom. The molecule has 2 aromatic carbocycles. The van der Waals surface area contributed by atoms with Gasteiger partial charge in [-0.1, -0.05) is 65.8 Å². The van der Waals surface area contributed by atoms with Crippen LogP contribution in [-0.2, 0) is 6.54 Å². The first-order chi connectivity index (χ1) is 13.2. The highest BCUT2D eigenvalue weighted by molar-refractivity contribution is 6.08. The molecule has 0 saturated heterocycles. The molecule has 0 aliphatic rings. The summed E-state index contributed by atoms with van der Waals surface area (Å²) < 4.78 is 7.04. The Bertz CT molecular complexity index is 1050. The molecule has 0 bridgehead atoms. The first-order valence-electron chi connectivity index (χ1n) is 8.61. The van der Waals surface area contributed by atoms with Gasteiger partial charge in [-0.05, 0) is 12.5 Å². The van der Waals surface area contributed by atoms with Gasteiger partial charge in [-0.15, -0.1) is 0 Å². The van der Waals surface area contributed by atoms with E-state index in [1.807, 2.05) is 66.9 Å². The largest absolute Gasteiger partial charge is 0.360 e. The first kappa shape index (κ1) is 16.8. The van der Waals surface area contributed by atoms with E-state index in [-0.39, 0.29) is 5.91 Å². The molecule has 4 aromatic rings. The minimum absolute atomic E-state index is 0.294. The Kier molecular flexibility index (Phi) is 4.53. The quantitative estimate of drug-likeness (QED) is 0.582. The maximum Gasteiger partial charge on any atom is 0.262 e.